The third-order valence-corrected chi connectivity index (χ3v) is 2.28. The molecule has 0 aliphatic carbocycles. The molecule has 0 fully saturated rings. The van der Waals surface area contributed by atoms with E-state index in [1.54, 1.807) is 19.1 Å². The van der Waals surface area contributed by atoms with Gasteiger partial charge in [0.2, 0.25) is 5.91 Å². The Morgan fingerprint density at radius 3 is 2.56 bits per heavy atom. The van der Waals surface area contributed by atoms with E-state index in [-0.39, 0.29) is 11.1 Å². The lowest BCUT2D eigenvalue weighted by Crippen LogP contribution is -2.34. The highest BCUT2D eigenvalue weighted by Crippen LogP contribution is 2.21. The molecule has 1 amide bonds. The van der Waals surface area contributed by atoms with Crippen LogP contribution < -0.4 is 5.73 Å². The Morgan fingerprint density at radius 2 is 2.06 bits per heavy atom. The molecule has 2 atom stereocenters. The number of amides is 1. The molecule has 1 rings (SSSR count). The van der Waals surface area contributed by atoms with Crippen molar-refractivity contribution in [2.24, 2.45) is 5.73 Å². The molecule has 0 bridgehead atoms. The van der Waals surface area contributed by atoms with Crippen molar-refractivity contribution < 1.29 is 19.8 Å². The summed E-state index contributed by atoms with van der Waals surface area (Å²) >= 11 is 0. The van der Waals surface area contributed by atoms with Crippen LogP contribution in [-0.2, 0) is 4.79 Å². The lowest BCUT2D eigenvalue weighted by Gasteiger charge is -2.17. The van der Waals surface area contributed by atoms with Gasteiger partial charge in [-0.25, -0.2) is 0 Å². The van der Waals surface area contributed by atoms with E-state index in [1.807, 2.05) is 0 Å². The molecule has 1 aromatic carbocycles. The monoisotopic (exact) mass is 223 g/mol. The fourth-order valence-electron chi connectivity index (χ4n) is 1.39. The predicted octanol–water partition coefficient (Wildman–Crippen LogP) is -0.313. The molecule has 4 N–H and O–H groups in total. The molecule has 0 aliphatic rings. The van der Waals surface area contributed by atoms with Crippen LogP contribution in [0.15, 0.2) is 18.2 Å². The van der Waals surface area contributed by atoms with Crippen molar-refractivity contribution in [3.05, 3.63) is 34.9 Å². The van der Waals surface area contributed by atoms with E-state index < -0.39 is 18.1 Å². The third-order valence-electron chi connectivity index (χ3n) is 2.28. The van der Waals surface area contributed by atoms with Crippen LogP contribution in [0.3, 0.4) is 0 Å². The molecular formula is C11H13NO4. The van der Waals surface area contributed by atoms with E-state index in [4.69, 9.17) is 5.73 Å². The summed E-state index contributed by atoms with van der Waals surface area (Å²) in [5, 5.41) is 18.9. The van der Waals surface area contributed by atoms with Gasteiger partial charge in [-0.1, -0.05) is 17.7 Å². The van der Waals surface area contributed by atoms with Crippen molar-refractivity contribution in [1.82, 2.24) is 0 Å². The summed E-state index contributed by atoms with van der Waals surface area (Å²) in [6.07, 6.45) is -2.65. The summed E-state index contributed by atoms with van der Waals surface area (Å²) in [4.78, 5) is 21.5. The molecule has 1 aromatic rings. The summed E-state index contributed by atoms with van der Waals surface area (Å²) in [7, 11) is 0. The zero-order valence-electron chi connectivity index (χ0n) is 8.75. The van der Waals surface area contributed by atoms with E-state index in [2.05, 4.69) is 0 Å². The van der Waals surface area contributed by atoms with Crippen molar-refractivity contribution in [3.8, 4) is 0 Å². The second-order valence-corrected chi connectivity index (χ2v) is 3.54. The smallest absolute Gasteiger partial charge is 0.249 e. The van der Waals surface area contributed by atoms with Gasteiger partial charge in [0.05, 0.1) is 0 Å². The number of hydrogen-bond acceptors (Lipinski definition) is 4. The number of aliphatic hydroxyl groups excluding tert-OH is 2. The van der Waals surface area contributed by atoms with E-state index in [1.165, 1.54) is 6.07 Å². The molecule has 86 valence electrons. The van der Waals surface area contributed by atoms with Crippen LogP contribution in [0.25, 0.3) is 0 Å². The van der Waals surface area contributed by atoms with E-state index in [0.717, 1.165) is 5.56 Å². The maximum Gasteiger partial charge on any atom is 0.249 e. The van der Waals surface area contributed by atoms with Crippen LogP contribution in [0.4, 0.5) is 0 Å². The number of nitrogens with two attached hydrogens (primary N) is 1. The van der Waals surface area contributed by atoms with E-state index in [0.29, 0.717) is 6.29 Å². The minimum absolute atomic E-state index is 0.187. The van der Waals surface area contributed by atoms with Crippen LogP contribution in [0.5, 0.6) is 0 Å². The Bertz CT molecular complexity index is 416. The number of aldehydes is 1. The minimum atomic E-state index is -1.72. The second kappa shape index (κ2) is 4.87. The Morgan fingerprint density at radius 1 is 1.44 bits per heavy atom. The highest BCUT2D eigenvalue weighted by atomic mass is 16.3. The Balaban J connectivity index is 3.12. The maximum atomic E-state index is 10.8. The van der Waals surface area contributed by atoms with Gasteiger partial charge in [0.15, 0.2) is 6.10 Å². The number of benzene rings is 1. The molecule has 0 aromatic heterocycles. The van der Waals surface area contributed by atoms with Crippen molar-refractivity contribution in [2.45, 2.75) is 19.1 Å². The lowest BCUT2D eigenvalue weighted by atomic mass is 9.97. The molecule has 16 heavy (non-hydrogen) atoms. The predicted molar refractivity (Wildman–Crippen MR) is 56.7 cm³/mol. The Hall–Kier alpha value is -1.72. The number of aliphatic hydroxyl groups is 2. The highest BCUT2D eigenvalue weighted by Gasteiger charge is 2.25. The number of carbonyl (C=O) groups is 2. The van der Waals surface area contributed by atoms with Crippen LogP contribution in [0, 0.1) is 6.92 Å². The van der Waals surface area contributed by atoms with Gasteiger partial charge in [-0.3, -0.25) is 9.59 Å². The fraction of sp³-hybridized carbons (Fsp3) is 0.273. The standard InChI is InChI=1S/C11H13NO4/c1-6-2-3-8(7(4-6)5-13)9(14)10(15)11(12)16/h2-5,9-10,14-15H,1H3,(H2,12,16). The summed E-state index contributed by atoms with van der Waals surface area (Å²) in [6.45, 7) is 1.79. The Kier molecular flexibility index (Phi) is 3.76. The zero-order chi connectivity index (χ0) is 12.3. The number of hydrogen-bond donors (Lipinski definition) is 3. The Labute approximate surface area is 92.5 Å². The van der Waals surface area contributed by atoms with E-state index in [9.17, 15) is 19.8 Å². The normalized spacial score (nSPS) is 14.2. The quantitative estimate of drug-likeness (QED) is 0.609. The SMILES string of the molecule is Cc1ccc(C(O)C(O)C(N)=O)c(C=O)c1. The average molecular weight is 223 g/mol. The molecule has 0 aliphatic heterocycles. The first-order valence-electron chi connectivity index (χ1n) is 4.68. The first-order chi connectivity index (χ1) is 7.47. The number of primary amides is 1. The van der Waals surface area contributed by atoms with Gasteiger partial charge in [-0.15, -0.1) is 0 Å². The number of carbonyl (C=O) groups excluding carboxylic acids is 2. The topological polar surface area (TPSA) is 101 Å². The minimum Gasteiger partial charge on any atom is -0.385 e. The van der Waals surface area contributed by atoms with Crippen LogP contribution in [0.2, 0.25) is 0 Å². The van der Waals surface area contributed by atoms with Crippen molar-refractivity contribution in [3.63, 3.8) is 0 Å². The van der Waals surface area contributed by atoms with Gasteiger partial charge in [0.25, 0.3) is 0 Å². The summed E-state index contributed by atoms with van der Waals surface area (Å²) < 4.78 is 0. The van der Waals surface area contributed by atoms with Crippen molar-refractivity contribution in [2.75, 3.05) is 0 Å². The summed E-state index contributed by atoms with van der Waals surface area (Å²) in [5.41, 5.74) is 6.11. The molecule has 0 spiro atoms. The first-order valence-corrected chi connectivity index (χ1v) is 4.68. The fourth-order valence-corrected chi connectivity index (χ4v) is 1.39. The van der Waals surface area contributed by atoms with Gasteiger partial charge in [0, 0.05) is 5.56 Å². The van der Waals surface area contributed by atoms with E-state index >= 15 is 0 Å². The van der Waals surface area contributed by atoms with Gasteiger partial charge >= 0.3 is 0 Å². The molecule has 0 radical (unpaired) electrons. The van der Waals surface area contributed by atoms with Crippen molar-refractivity contribution >= 4 is 12.2 Å². The highest BCUT2D eigenvalue weighted by molar-refractivity contribution is 5.82. The summed E-state index contributed by atoms with van der Waals surface area (Å²) in [6, 6.07) is 4.70. The first kappa shape index (κ1) is 12.4. The molecule has 5 nitrogen and oxygen atoms in total. The second-order valence-electron chi connectivity index (χ2n) is 3.54. The van der Waals surface area contributed by atoms with Crippen LogP contribution in [-0.4, -0.2) is 28.5 Å². The molecule has 5 heteroatoms. The number of rotatable bonds is 4. The molecule has 0 saturated carbocycles. The van der Waals surface area contributed by atoms with Gasteiger partial charge < -0.3 is 15.9 Å². The molecule has 2 unspecified atom stereocenters. The van der Waals surface area contributed by atoms with Gasteiger partial charge in [-0.2, -0.15) is 0 Å². The lowest BCUT2D eigenvalue weighted by molar-refractivity contribution is -0.132. The van der Waals surface area contributed by atoms with Gasteiger partial charge in [0.1, 0.15) is 12.4 Å². The van der Waals surface area contributed by atoms with Crippen molar-refractivity contribution in [1.29, 1.82) is 0 Å². The average Bonchev–Trinajstić information content (AvgIpc) is 2.26. The molecular weight excluding hydrogens is 210 g/mol. The van der Waals surface area contributed by atoms with Gasteiger partial charge in [-0.05, 0) is 18.6 Å². The van der Waals surface area contributed by atoms with Crippen LogP contribution >= 0.6 is 0 Å². The van der Waals surface area contributed by atoms with Crippen LogP contribution in [0.1, 0.15) is 27.6 Å². The number of aryl methyl sites for hydroxylation is 1. The largest absolute Gasteiger partial charge is 0.385 e. The molecule has 0 saturated heterocycles. The zero-order valence-corrected chi connectivity index (χ0v) is 8.75. The summed E-state index contributed by atoms with van der Waals surface area (Å²) in [5.74, 6) is -1.04. The molecule has 0 heterocycles. The third kappa shape index (κ3) is 2.44. The maximum absolute atomic E-state index is 10.8.